The molecule has 0 fully saturated rings. The van der Waals surface area contributed by atoms with Gasteiger partial charge in [-0.25, -0.2) is 4.79 Å². The topological polar surface area (TPSA) is 65.0 Å². The summed E-state index contributed by atoms with van der Waals surface area (Å²) in [6.45, 7) is 0. The summed E-state index contributed by atoms with van der Waals surface area (Å²) < 4.78 is 16.6. The zero-order valence-corrected chi connectivity index (χ0v) is 15.8. The molecule has 0 saturated heterocycles. The van der Waals surface area contributed by atoms with Crippen LogP contribution in [0, 0.1) is 0 Å². The maximum absolute atomic E-state index is 11.5. The number of methoxy groups -OCH3 is 3. The number of aromatic carboxylic acids is 1. The Bertz CT molecular complexity index is 756. The Morgan fingerprint density at radius 1 is 0.958 bits per heavy atom. The van der Waals surface area contributed by atoms with Crippen LogP contribution in [0.4, 0.5) is 0 Å². The van der Waals surface area contributed by atoms with Crippen molar-refractivity contribution in [3.8, 4) is 17.2 Å². The van der Waals surface area contributed by atoms with Crippen LogP contribution < -0.4 is 14.2 Å². The molecular weight excluding hydrogens is 348 g/mol. The number of ether oxygens (including phenoxy) is 3. The molecule has 0 heterocycles. The van der Waals surface area contributed by atoms with Crippen LogP contribution in [-0.2, 0) is 0 Å². The fourth-order valence-electron chi connectivity index (χ4n) is 2.67. The second kappa shape index (κ2) is 7.90. The Balaban J connectivity index is 2.99. The molecule has 0 aliphatic rings. The second-order valence-corrected chi connectivity index (χ2v) is 7.09. The number of hydrogen-bond donors (Lipinski definition) is 1. The van der Waals surface area contributed by atoms with Crippen LogP contribution >= 0.6 is 23.5 Å². The Morgan fingerprint density at radius 3 is 2.04 bits per heavy atom. The van der Waals surface area contributed by atoms with Gasteiger partial charge in [0.25, 0.3) is 0 Å². The molecule has 0 aliphatic heterocycles. The lowest BCUT2D eigenvalue weighted by Crippen LogP contribution is -2.03. The smallest absolute Gasteiger partial charge is 0.335 e. The van der Waals surface area contributed by atoms with Gasteiger partial charge in [-0.15, -0.1) is 23.5 Å². The molecule has 5 nitrogen and oxygen atoms in total. The van der Waals surface area contributed by atoms with E-state index in [2.05, 4.69) is 0 Å². The molecule has 0 spiro atoms. The Morgan fingerprint density at radius 2 is 1.58 bits per heavy atom. The summed E-state index contributed by atoms with van der Waals surface area (Å²) in [7, 11) is 4.69. The minimum Gasteiger partial charge on any atom is -0.496 e. The Kier molecular flexibility index (Phi) is 6.12. The van der Waals surface area contributed by atoms with E-state index >= 15 is 0 Å². The molecule has 0 aromatic heterocycles. The highest BCUT2D eigenvalue weighted by atomic mass is 32.2. The van der Waals surface area contributed by atoms with E-state index < -0.39 is 5.97 Å². The van der Waals surface area contributed by atoms with Gasteiger partial charge in [0.15, 0.2) is 11.5 Å². The van der Waals surface area contributed by atoms with E-state index in [0.717, 1.165) is 16.3 Å². The van der Waals surface area contributed by atoms with Crippen molar-refractivity contribution in [3.05, 3.63) is 29.3 Å². The van der Waals surface area contributed by atoms with Crippen molar-refractivity contribution in [1.82, 2.24) is 0 Å². The number of hydrogen-bond acceptors (Lipinski definition) is 6. The van der Waals surface area contributed by atoms with Crippen LogP contribution in [0.15, 0.2) is 18.2 Å². The van der Waals surface area contributed by atoms with Gasteiger partial charge in [-0.3, -0.25) is 0 Å². The molecule has 0 atom stereocenters. The van der Waals surface area contributed by atoms with Crippen molar-refractivity contribution >= 4 is 40.3 Å². The normalized spacial score (nSPS) is 10.9. The van der Waals surface area contributed by atoms with Gasteiger partial charge in [-0.05, 0) is 36.1 Å². The van der Waals surface area contributed by atoms with Crippen molar-refractivity contribution in [1.29, 1.82) is 0 Å². The van der Waals surface area contributed by atoms with Crippen molar-refractivity contribution in [3.63, 3.8) is 0 Å². The third-order valence-electron chi connectivity index (χ3n) is 3.73. The summed E-state index contributed by atoms with van der Waals surface area (Å²) in [5, 5.41) is 11.0. The summed E-state index contributed by atoms with van der Waals surface area (Å²) in [4.78, 5) is 11.5. The first-order valence-corrected chi connectivity index (χ1v) is 9.65. The highest BCUT2D eigenvalue weighted by Crippen LogP contribution is 2.50. The van der Waals surface area contributed by atoms with E-state index in [-0.39, 0.29) is 10.1 Å². The zero-order valence-electron chi connectivity index (χ0n) is 14.2. The molecule has 0 bridgehead atoms. The molecule has 0 amide bonds. The molecular formula is C17H20O5S2. The summed E-state index contributed by atoms with van der Waals surface area (Å²) in [5.41, 5.74) is 1.07. The highest BCUT2D eigenvalue weighted by Gasteiger charge is 2.24. The minimum absolute atomic E-state index is 0.0614. The fraction of sp³-hybridized carbons (Fsp3) is 0.353. The first-order valence-electron chi connectivity index (χ1n) is 7.07. The van der Waals surface area contributed by atoms with Crippen LogP contribution in [0.3, 0.4) is 0 Å². The van der Waals surface area contributed by atoms with Crippen molar-refractivity contribution < 1.29 is 24.1 Å². The lowest BCUT2D eigenvalue weighted by atomic mass is 9.99. The molecule has 2 aromatic rings. The number of rotatable bonds is 7. The third-order valence-corrected chi connectivity index (χ3v) is 6.21. The number of benzene rings is 2. The van der Waals surface area contributed by atoms with Gasteiger partial charge >= 0.3 is 5.97 Å². The van der Waals surface area contributed by atoms with E-state index in [1.807, 2.05) is 18.6 Å². The average Bonchev–Trinajstić information content (AvgIpc) is 2.60. The molecule has 0 saturated carbocycles. The number of carbonyl (C=O) groups is 1. The molecule has 2 rings (SSSR count). The van der Waals surface area contributed by atoms with Crippen LogP contribution in [0.2, 0.25) is 0 Å². The predicted molar refractivity (Wildman–Crippen MR) is 100 cm³/mol. The van der Waals surface area contributed by atoms with E-state index in [0.29, 0.717) is 17.2 Å². The van der Waals surface area contributed by atoms with Gasteiger partial charge in [-0.1, -0.05) is 0 Å². The standard InChI is InChI=1S/C17H20O5S2/c1-20-12-7-9(16(18)19)6-11-10(12)8-13(21-2)15(22-3)14(11)17(23-4)24-5/h6-8,17H,1-5H3,(H,18,19). The third kappa shape index (κ3) is 3.23. The van der Waals surface area contributed by atoms with Gasteiger partial charge in [0.1, 0.15) is 5.75 Å². The van der Waals surface area contributed by atoms with Crippen molar-refractivity contribution in [2.75, 3.05) is 33.8 Å². The Labute approximate surface area is 149 Å². The van der Waals surface area contributed by atoms with E-state index in [9.17, 15) is 9.90 Å². The second-order valence-electron chi connectivity index (χ2n) is 4.91. The first kappa shape index (κ1) is 18.6. The molecule has 24 heavy (non-hydrogen) atoms. The number of carboxylic acid groups (broad SMARTS) is 1. The van der Waals surface area contributed by atoms with Crippen molar-refractivity contribution in [2.45, 2.75) is 4.58 Å². The summed E-state index contributed by atoms with van der Waals surface area (Å²) in [6, 6.07) is 5.00. The van der Waals surface area contributed by atoms with Crippen LogP contribution in [0.5, 0.6) is 17.2 Å². The maximum atomic E-state index is 11.5. The fourth-order valence-corrected chi connectivity index (χ4v) is 4.38. The van der Waals surface area contributed by atoms with E-state index in [4.69, 9.17) is 14.2 Å². The number of fused-ring (bicyclic) bond motifs is 1. The lowest BCUT2D eigenvalue weighted by Gasteiger charge is -2.22. The average molecular weight is 368 g/mol. The van der Waals surface area contributed by atoms with Crippen LogP contribution in [0.1, 0.15) is 20.5 Å². The maximum Gasteiger partial charge on any atom is 0.335 e. The van der Waals surface area contributed by atoms with Gasteiger partial charge in [0, 0.05) is 10.9 Å². The van der Waals surface area contributed by atoms with E-state index in [1.54, 1.807) is 43.8 Å². The van der Waals surface area contributed by atoms with E-state index in [1.165, 1.54) is 13.2 Å². The summed E-state index contributed by atoms with van der Waals surface area (Å²) in [6.07, 6.45) is 4.01. The molecule has 0 unspecified atom stereocenters. The first-order chi connectivity index (χ1) is 11.5. The predicted octanol–water partition coefficient (Wildman–Crippen LogP) is 4.29. The molecule has 1 N–H and O–H groups in total. The lowest BCUT2D eigenvalue weighted by molar-refractivity contribution is 0.0696. The van der Waals surface area contributed by atoms with Crippen LogP contribution in [0.25, 0.3) is 10.8 Å². The van der Waals surface area contributed by atoms with Gasteiger partial charge < -0.3 is 19.3 Å². The minimum atomic E-state index is -0.999. The van der Waals surface area contributed by atoms with Gasteiger partial charge in [0.05, 0.1) is 31.5 Å². The molecule has 0 aliphatic carbocycles. The monoisotopic (exact) mass is 368 g/mol. The zero-order chi connectivity index (χ0) is 17.9. The number of carboxylic acids is 1. The van der Waals surface area contributed by atoms with Gasteiger partial charge in [-0.2, -0.15) is 0 Å². The van der Waals surface area contributed by atoms with Crippen LogP contribution in [-0.4, -0.2) is 44.9 Å². The quantitative estimate of drug-likeness (QED) is 0.731. The SMILES string of the molecule is COc1cc2c(OC)cc(C(=O)O)cc2c(C(SC)SC)c1OC. The van der Waals surface area contributed by atoms with Gasteiger partial charge in [0.2, 0.25) is 0 Å². The van der Waals surface area contributed by atoms with Crippen molar-refractivity contribution in [2.24, 2.45) is 0 Å². The molecule has 2 aromatic carbocycles. The highest BCUT2D eigenvalue weighted by molar-refractivity contribution is 8.15. The molecule has 0 radical (unpaired) electrons. The Hall–Kier alpha value is -1.73. The summed E-state index contributed by atoms with van der Waals surface area (Å²) in [5.74, 6) is 0.701. The molecule has 130 valence electrons. The summed E-state index contributed by atoms with van der Waals surface area (Å²) >= 11 is 3.31. The largest absolute Gasteiger partial charge is 0.496 e. The number of thioether (sulfide) groups is 2. The molecule has 7 heteroatoms.